The second-order valence-electron chi connectivity index (χ2n) is 17.7. The predicted molar refractivity (Wildman–Crippen MR) is 225 cm³/mol. The van der Waals surface area contributed by atoms with E-state index in [9.17, 15) is 33.9 Å². The van der Waals surface area contributed by atoms with Crippen LogP contribution in [0, 0.1) is 23.7 Å². The third kappa shape index (κ3) is 14.2. The molecule has 0 spiro atoms. The number of hydrogen-bond acceptors (Lipinski definition) is 9. The molecule has 15 nitrogen and oxygen atoms in total. The minimum Gasteiger partial charge on any atom is -0.480 e. The molecule has 0 bridgehead atoms. The van der Waals surface area contributed by atoms with Gasteiger partial charge in [-0.15, -0.1) is 0 Å². The highest BCUT2D eigenvalue weighted by Gasteiger charge is 2.44. The first-order valence-corrected chi connectivity index (χ1v) is 21.0. The average Bonchev–Trinajstić information content (AvgIpc) is 3.65. The van der Waals surface area contributed by atoms with Crippen LogP contribution in [0.4, 0.5) is 4.79 Å². The van der Waals surface area contributed by atoms with E-state index in [4.69, 9.17) is 14.2 Å². The Morgan fingerprint density at radius 3 is 1.98 bits per heavy atom. The van der Waals surface area contributed by atoms with E-state index < -0.39 is 77.8 Å². The minimum atomic E-state index is -1.15. The van der Waals surface area contributed by atoms with Gasteiger partial charge < -0.3 is 39.8 Å². The molecule has 59 heavy (non-hydrogen) atoms. The number of benzene rings is 1. The maximum absolute atomic E-state index is 14.4. The Morgan fingerprint density at radius 1 is 0.881 bits per heavy atom. The van der Waals surface area contributed by atoms with E-state index in [-0.39, 0.29) is 42.4 Å². The van der Waals surface area contributed by atoms with Crippen LogP contribution in [0.1, 0.15) is 100 Å². The SMILES string of the molecule is CC[C@H](C)[C@@H]([C@@H](CC(=O)N1CCC[C@H]1[C@H](OC)[C@@H](C)C(=O)NC(Cc1ccccc1)C(=O)O)OC)N(C)C(=O)[C@@H](NC(=O)[C@H](C(C)C)N(C)C(=O)OC(C)(C)C)C(C)C. The van der Waals surface area contributed by atoms with Gasteiger partial charge in [0.25, 0.3) is 0 Å². The zero-order chi connectivity index (χ0) is 44.9. The van der Waals surface area contributed by atoms with Crippen LogP contribution in [0.25, 0.3) is 0 Å². The summed E-state index contributed by atoms with van der Waals surface area (Å²) in [6.07, 6.45) is -0.132. The zero-order valence-electron chi connectivity index (χ0n) is 37.9. The summed E-state index contributed by atoms with van der Waals surface area (Å²) in [5, 5.41) is 15.5. The Balaban J connectivity index is 2.30. The van der Waals surface area contributed by atoms with Crippen LogP contribution in [-0.4, -0.2) is 138 Å². The molecule has 0 saturated carbocycles. The monoisotopic (exact) mass is 832 g/mol. The van der Waals surface area contributed by atoms with E-state index in [1.807, 2.05) is 59.7 Å². The van der Waals surface area contributed by atoms with Gasteiger partial charge in [-0.05, 0) is 56.9 Å². The van der Waals surface area contributed by atoms with Crippen molar-refractivity contribution in [3.8, 4) is 0 Å². The maximum atomic E-state index is 14.4. The van der Waals surface area contributed by atoms with Gasteiger partial charge in [0.05, 0.1) is 36.6 Å². The number of ether oxygens (including phenoxy) is 3. The summed E-state index contributed by atoms with van der Waals surface area (Å²) in [4.78, 5) is 85.7. The second kappa shape index (κ2) is 22.9. The summed E-state index contributed by atoms with van der Waals surface area (Å²) in [6, 6.07) is 5.02. The first-order chi connectivity index (χ1) is 27.5. The van der Waals surface area contributed by atoms with E-state index in [2.05, 4.69) is 10.6 Å². The van der Waals surface area contributed by atoms with E-state index >= 15 is 0 Å². The van der Waals surface area contributed by atoms with Crippen molar-refractivity contribution < 1.29 is 48.1 Å². The number of amides is 5. The quantitative estimate of drug-likeness (QED) is 0.156. The molecule has 1 aliphatic heterocycles. The number of nitrogens with zero attached hydrogens (tertiary/aromatic N) is 3. The van der Waals surface area contributed by atoms with Gasteiger partial charge >= 0.3 is 12.1 Å². The van der Waals surface area contributed by atoms with Gasteiger partial charge in [0, 0.05) is 41.3 Å². The van der Waals surface area contributed by atoms with Gasteiger partial charge in [0.1, 0.15) is 23.7 Å². The molecular formula is C44H73N5O10. The molecule has 5 amide bonds. The number of aliphatic carboxylic acids is 1. The topological polar surface area (TPSA) is 184 Å². The second-order valence-corrected chi connectivity index (χ2v) is 17.7. The normalized spacial score (nSPS) is 18.5. The van der Waals surface area contributed by atoms with Crippen molar-refractivity contribution in [1.82, 2.24) is 25.3 Å². The van der Waals surface area contributed by atoms with Gasteiger partial charge in [-0.25, -0.2) is 9.59 Å². The summed E-state index contributed by atoms with van der Waals surface area (Å²) in [7, 11) is 6.15. The Bertz CT molecular complexity index is 1550. The molecule has 0 radical (unpaired) electrons. The number of carboxylic acids is 1. The van der Waals surface area contributed by atoms with Gasteiger partial charge in [0.2, 0.25) is 23.6 Å². The standard InChI is InChI=1S/C44H73N5O10/c1-15-28(6)37(47(11)41(53)35(26(2)3)46-40(52)36(27(4)5)48(12)43(56)59-44(8,9)10)33(57-13)25-34(50)49-23-19-22-32(49)38(58-14)29(7)39(51)45-31(42(54)55)24-30-20-17-16-18-21-30/h16-18,20-21,26-29,31-33,35-38H,15,19,22-25H2,1-14H3,(H,45,51)(H,46,52)(H,54,55)/t28-,29+,31?,32-,33+,35-,36-,37-,38+/m0/s1. The minimum absolute atomic E-state index is 0.0659. The van der Waals surface area contributed by atoms with Crippen LogP contribution in [0.2, 0.25) is 0 Å². The lowest BCUT2D eigenvalue weighted by Gasteiger charge is -2.41. The molecule has 1 heterocycles. The highest BCUT2D eigenvalue weighted by atomic mass is 16.6. The fraction of sp³-hybridized carbons (Fsp3) is 0.727. The first-order valence-electron chi connectivity index (χ1n) is 21.0. The Labute approximate surface area is 352 Å². The summed E-state index contributed by atoms with van der Waals surface area (Å²) in [5.74, 6) is -4.24. The highest BCUT2D eigenvalue weighted by Crippen LogP contribution is 2.30. The number of carbonyl (C=O) groups excluding carboxylic acids is 5. The molecule has 0 aliphatic carbocycles. The van der Waals surface area contributed by atoms with Gasteiger partial charge in [-0.2, -0.15) is 0 Å². The third-order valence-electron chi connectivity index (χ3n) is 11.4. The van der Waals surface area contributed by atoms with Crippen molar-refractivity contribution in [1.29, 1.82) is 0 Å². The molecule has 1 aromatic carbocycles. The van der Waals surface area contributed by atoms with E-state index in [1.165, 1.54) is 26.2 Å². The number of carbonyl (C=O) groups is 6. The molecular weight excluding hydrogens is 759 g/mol. The molecule has 1 aromatic rings. The van der Waals surface area contributed by atoms with E-state index in [0.717, 1.165) is 5.56 Å². The molecule has 15 heteroatoms. The lowest BCUT2D eigenvalue weighted by molar-refractivity contribution is -0.148. The number of likely N-dealkylation sites (N-methyl/N-ethyl adjacent to an activating group) is 2. The van der Waals surface area contributed by atoms with Crippen molar-refractivity contribution >= 4 is 35.7 Å². The number of rotatable bonds is 21. The highest BCUT2D eigenvalue weighted by molar-refractivity contribution is 5.92. The number of methoxy groups -OCH3 is 2. The van der Waals surface area contributed by atoms with E-state index in [0.29, 0.717) is 25.8 Å². The number of likely N-dealkylation sites (tertiary alicyclic amines) is 1. The van der Waals surface area contributed by atoms with Gasteiger partial charge in [-0.3, -0.25) is 24.1 Å². The zero-order valence-corrected chi connectivity index (χ0v) is 37.9. The van der Waals surface area contributed by atoms with Gasteiger partial charge in [-0.1, -0.05) is 85.2 Å². The van der Waals surface area contributed by atoms with Crippen LogP contribution in [0.15, 0.2) is 30.3 Å². The van der Waals surface area contributed by atoms with Crippen LogP contribution >= 0.6 is 0 Å². The predicted octanol–water partition coefficient (Wildman–Crippen LogP) is 4.75. The number of nitrogens with one attached hydrogen (secondary N) is 2. The molecule has 1 unspecified atom stereocenters. The molecule has 0 aromatic heterocycles. The first kappa shape index (κ1) is 50.9. The molecule has 1 aliphatic rings. The van der Waals surface area contributed by atoms with Crippen molar-refractivity contribution in [2.24, 2.45) is 23.7 Å². The van der Waals surface area contributed by atoms with Crippen molar-refractivity contribution in [2.75, 3.05) is 34.9 Å². The Hall–Kier alpha value is -4.24. The fourth-order valence-electron chi connectivity index (χ4n) is 8.00. The molecule has 1 fully saturated rings. The van der Waals surface area contributed by atoms with Gasteiger partial charge in [0.15, 0.2) is 0 Å². The van der Waals surface area contributed by atoms with Crippen LogP contribution in [0.5, 0.6) is 0 Å². The summed E-state index contributed by atoms with van der Waals surface area (Å²) >= 11 is 0. The van der Waals surface area contributed by atoms with E-state index in [1.54, 1.807) is 56.7 Å². The molecule has 334 valence electrons. The van der Waals surface area contributed by atoms with Crippen molar-refractivity contribution in [3.05, 3.63) is 35.9 Å². The average molecular weight is 832 g/mol. The summed E-state index contributed by atoms with van der Waals surface area (Å²) < 4.78 is 17.4. The lowest BCUT2D eigenvalue weighted by atomic mass is 9.89. The molecule has 3 N–H and O–H groups in total. The number of carboxylic acid groups (broad SMARTS) is 1. The fourth-order valence-corrected chi connectivity index (χ4v) is 8.00. The Morgan fingerprint density at radius 2 is 1.49 bits per heavy atom. The van der Waals surface area contributed by atoms with Crippen LogP contribution in [-0.2, 0) is 44.6 Å². The van der Waals surface area contributed by atoms with Crippen molar-refractivity contribution in [3.63, 3.8) is 0 Å². The lowest BCUT2D eigenvalue weighted by Crippen LogP contribution is -2.60. The van der Waals surface area contributed by atoms with Crippen molar-refractivity contribution in [2.45, 2.75) is 149 Å². The summed E-state index contributed by atoms with van der Waals surface area (Å²) in [6.45, 7) is 18.6. The summed E-state index contributed by atoms with van der Waals surface area (Å²) in [5.41, 5.74) is 0.00542. The molecule has 9 atom stereocenters. The number of hydrogen-bond donors (Lipinski definition) is 3. The third-order valence-corrected chi connectivity index (χ3v) is 11.4. The molecule has 1 saturated heterocycles. The smallest absolute Gasteiger partial charge is 0.410 e. The van der Waals surface area contributed by atoms with Crippen LogP contribution in [0.3, 0.4) is 0 Å². The molecule has 2 rings (SSSR count). The largest absolute Gasteiger partial charge is 0.480 e. The van der Waals surface area contributed by atoms with Crippen LogP contribution < -0.4 is 10.6 Å². The maximum Gasteiger partial charge on any atom is 0.410 e. The Kier molecular flexibility index (Phi) is 19.8.